The van der Waals surface area contributed by atoms with Crippen LogP contribution in [0.3, 0.4) is 0 Å². The minimum absolute atomic E-state index is 0.000725. The molecule has 0 saturated carbocycles. The highest BCUT2D eigenvalue weighted by atomic mass is 35.5. The van der Waals surface area contributed by atoms with Crippen molar-refractivity contribution in [1.82, 2.24) is 19.8 Å². The summed E-state index contributed by atoms with van der Waals surface area (Å²) in [6.07, 6.45) is 3.34. The molecule has 1 heterocycles. The van der Waals surface area contributed by atoms with Gasteiger partial charge in [0.05, 0.1) is 18.2 Å². The number of nitrogens with one attached hydrogen (secondary N) is 2. The van der Waals surface area contributed by atoms with Crippen LogP contribution >= 0.6 is 23.2 Å². The summed E-state index contributed by atoms with van der Waals surface area (Å²) in [7, 11) is -3.72. The highest BCUT2D eigenvalue weighted by Gasteiger charge is 2.18. The molecule has 2 N–H and O–H groups in total. The van der Waals surface area contributed by atoms with Crippen molar-refractivity contribution in [2.24, 2.45) is 0 Å². The summed E-state index contributed by atoms with van der Waals surface area (Å²) in [6.45, 7) is 9.22. The summed E-state index contributed by atoms with van der Waals surface area (Å²) < 4.78 is 32.8. The van der Waals surface area contributed by atoms with E-state index in [1.807, 2.05) is 13.8 Å². The smallest absolute Gasteiger partial charge is 0.317 e. The van der Waals surface area contributed by atoms with Gasteiger partial charge >= 0.3 is 6.03 Å². The number of morpholine rings is 1. The van der Waals surface area contributed by atoms with E-state index < -0.39 is 10.0 Å². The van der Waals surface area contributed by atoms with Gasteiger partial charge in [0.25, 0.3) is 0 Å². The first kappa shape index (κ1) is 27.1. The molecule has 32 heavy (non-hydrogen) atoms. The van der Waals surface area contributed by atoms with Gasteiger partial charge in [-0.3, -0.25) is 4.90 Å². The van der Waals surface area contributed by atoms with Gasteiger partial charge in [0, 0.05) is 50.3 Å². The number of amides is 2. The molecule has 0 aromatic heterocycles. The number of benzene rings is 1. The van der Waals surface area contributed by atoms with E-state index in [4.69, 9.17) is 27.9 Å². The largest absolute Gasteiger partial charge is 0.379 e. The van der Waals surface area contributed by atoms with E-state index >= 15 is 0 Å². The molecular weight excluding hydrogens is 475 g/mol. The monoisotopic (exact) mass is 507 g/mol. The molecule has 1 saturated heterocycles. The lowest BCUT2D eigenvalue weighted by Crippen LogP contribution is -2.45. The quantitative estimate of drug-likeness (QED) is 0.424. The Hall–Kier alpha value is -1.10. The van der Waals surface area contributed by atoms with E-state index in [0.717, 1.165) is 32.8 Å². The zero-order valence-electron chi connectivity index (χ0n) is 18.6. The maximum Gasteiger partial charge on any atom is 0.317 e. The molecule has 0 atom stereocenters. The summed E-state index contributed by atoms with van der Waals surface area (Å²) in [6, 6.07) is 4.19. The summed E-state index contributed by atoms with van der Waals surface area (Å²) >= 11 is 11.8. The van der Waals surface area contributed by atoms with Crippen LogP contribution in [0.25, 0.3) is 0 Å². The van der Waals surface area contributed by atoms with Crippen LogP contribution in [-0.2, 0) is 14.8 Å². The van der Waals surface area contributed by atoms with E-state index in [9.17, 15) is 13.2 Å². The van der Waals surface area contributed by atoms with Crippen molar-refractivity contribution in [2.45, 2.75) is 37.6 Å². The summed E-state index contributed by atoms with van der Waals surface area (Å²) in [5.41, 5.74) is 0. The third-order valence-corrected chi connectivity index (χ3v) is 7.05. The van der Waals surface area contributed by atoms with Crippen molar-refractivity contribution in [2.75, 3.05) is 52.5 Å². The van der Waals surface area contributed by atoms with Gasteiger partial charge in [0.15, 0.2) is 0 Å². The van der Waals surface area contributed by atoms with Crippen LogP contribution in [0, 0.1) is 6.42 Å². The number of carbonyl (C=O) groups is 1. The van der Waals surface area contributed by atoms with Gasteiger partial charge in [-0.2, -0.15) is 0 Å². The Balaban J connectivity index is 1.78. The summed E-state index contributed by atoms with van der Waals surface area (Å²) in [4.78, 5) is 16.6. The van der Waals surface area contributed by atoms with Gasteiger partial charge < -0.3 is 15.0 Å². The maximum atomic E-state index is 12.5. The number of ether oxygens (including phenoxy) is 1. The number of carbonyl (C=O) groups excluding carboxylic acids is 1. The minimum atomic E-state index is -3.72. The van der Waals surface area contributed by atoms with E-state index in [1.165, 1.54) is 18.2 Å². The number of halogens is 2. The standard InChI is InChI=1S/C21H33Cl2N4O4S/c1-17(2)25-21(28)27(11-5-9-26-12-14-31-15-13-26)10-4-3-8-24-32(29,30)20-7-6-18(22)16-19(20)23/h5-7,16-17,24H,3-4,8-15H2,1-2H3,(H,25,28). The molecule has 181 valence electrons. The Bertz CT molecular complexity index is 833. The number of hydrogen-bond acceptors (Lipinski definition) is 5. The second kappa shape index (κ2) is 13.6. The number of unbranched alkanes of at least 4 members (excludes halogenated alkanes) is 1. The fourth-order valence-corrected chi connectivity index (χ4v) is 5.04. The van der Waals surface area contributed by atoms with Gasteiger partial charge in [-0.05, 0) is 51.3 Å². The second-order valence-corrected chi connectivity index (χ2v) is 10.5. The zero-order valence-corrected chi connectivity index (χ0v) is 21.0. The van der Waals surface area contributed by atoms with Crippen LogP contribution in [0.2, 0.25) is 10.0 Å². The van der Waals surface area contributed by atoms with E-state index in [-0.39, 0.29) is 28.5 Å². The van der Waals surface area contributed by atoms with Crippen LogP contribution in [0.1, 0.15) is 26.7 Å². The lowest BCUT2D eigenvalue weighted by Gasteiger charge is -2.28. The lowest BCUT2D eigenvalue weighted by atomic mass is 10.2. The molecule has 1 aromatic rings. The average molecular weight is 508 g/mol. The van der Waals surface area contributed by atoms with Gasteiger partial charge in [-0.15, -0.1) is 0 Å². The molecule has 2 amide bonds. The molecular formula is C21H33Cl2N4O4S. The molecule has 1 fully saturated rings. The van der Waals surface area contributed by atoms with Crippen molar-refractivity contribution < 1.29 is 17.9 Å². The zero-order chi connectivity index (χ0) is 23.6. The molecule has 0 unspecified atom stereocenters. The van der Waals surface area contributed by atoms with Crippen LogP contribution in [0.4, 0.5) is 4.79 Å². The van der Waals surface area contributed by atoms with Crippen LogP contribution in [-0.4, -0.2) is 82.8 Å². The van der Waals surface area contributed by atoms with Crippen molar-refractivity contribution in [1.29, 1.82) is 0 Å². The van der Waals surface area contributed by atoms with Crippen molar-refractivity contribution in [3.63, 3.8) is 0 Å². The highest BCUT2D eigenvalue weighted by molar-refractivity contribution is 7.89. The minimum Gasteiger partial charge on any atom is -0.379 e. The normalized spacial score (nSPS) is 15.2. The van der Waals surface area contributed by atoms with E-state index in [2.05, 4.69) is 21.4 Å². The summed E-state index contributed by atoms with van der Waals surface area (Å²) in [5.74, 6) is 0. The number of rotatable bonds is 12. The van der Waals surface area contributed by atoms with Crippen LogP contribution < -0.4 is 10.0 Å². The number of sulfonamides is 1. The lowest BCUT2D eigenvalue weighted by molar-refractivity contribution is 0.0412. The molecule has 8 nitrogen and oxygen atoms in total. The third-order valence-electron chi connectivity index (χ3n) is 4.87. The Labute approximate surface area is 201 Å². The Kier molecular flexibility index (Phi) is 11.5. The predicted molar refractivity (Wildman–Crippen MR) is 128 cm³/mol. The first-order valence-corrected chi connectivity index (χ1v) is 13.0. The number of hydrogen-bond donors (Lipinski definition) is 2. The third kappa shape index (κ3) is 9.41. The molecule has 1 aliphatic rings. The first-order chi connectivity index (χ1) is 15.2. The highest BCUT2D eigenvalue weighted by Crippen LogP contribution is 2.24. The van der Waals surface area contributed by atoms with Gasteiger partial charge in [-0.25, -0.2) is 17.9 Å². The van der Waals surface area contributed by atoms with Crippen molar-refractivity contribution in [3.8, 4) is 0 Å². The molecule has 0 aliphatic carbocycles. The average Bonchev–Trinajstić information content (AvgIpc) is 2.72. The molecule has 1 radical (unpaired) electrons. The molecule has 1 aliphatic heterocycles. The molecule has 2 rings (SSSR count). The fourth-order valence-electron chi connectivity index (χ4n) is 3.20. The SMILES string of the molecule is CC(C)NC(=O)N(C[CH]CN1CCOCC1)CCCCNS(=O)(=O)c1ccc(Cl)cc1Cl. The van der Waals surface area contributed by atoms with E-state index in [1.54, 1.807) is 4.90 Å². The van der Waals surface area contributed by atoms with Crippen molar-refractivity contribution >= 4 is 39.3 Å². The molecule has 0 spiro atoms. The second-order valence-electron chi connectivity index (χ2n) is 7.93. The van der Waals surface area contributed by atoms with E-state index in [0.29, 0.717) is 31.0 Å². The Morgan fingerprint density at radius 3 is 2.62 bits per heavy atom. The predicted octanol–water partition coefficient (Wildman–Crippen LogP) is 3.01. The maximum absolute atomic E-state index is 12.5. The Morgan fingerprint density at radius 2 is 1.97 bits per heavy atom. The van der Waals surface area contributed by atoms with Gasteiger partial charge in [-0.1, -0.05) is 23.2 Å². The number of urea groups is 1. The number of nitrogens with zero attached hydrogens (tertiary/aromatic N) is 2. The molecule has 0 bridgehead atoms. The van der Waals surface area contributed by atoms with Gasteiger partial charge in [0.1, 0.15) is 4.90 Å². The topological polar surface area (TPSA) is 91.0 Å². The van der Waals surface area contributed by atoms with Crippen molar-refractivity contribution in [3.05, 3.63) is 34.7 Å². The van der Waals surface area contributed by atoms with Gasteiger partial charge in [0.2, 0.25) is 10.0 Å². The fraction of sp³-hybridized carbons (Fsp3) is 0.619. The summed E-state index contributed by atoms with van der Waals surface area (Å²) in [5, 5.41) is 3.38. The first-order valence-electron chi connectivity index (χ1n) is 10.8. The van der Waals surface area contributed by atoms with Crippen LogP contribution in [0.5, 0.6) is 0 Å². The van der Waals surface area contributed by atoms with Crippen LogP contribution in [0.15, 0.2) is 23.1 Å². The molecule has 1 aromatic carbocycles. The Morgan fingerprint density at radius 1 is 1.25 bits per heavy atom. The molecule has 11 heteroatoms.